The fourth-order valence-corrected chi connectivity index (χ4v) is 4.48. The van der Waals surface area contributed by atoms with Gasteiger partial charge in [0, 0.05) is 12.1 Å². The lowest BCUT2D eigenvalue weighted by Crippen LogP contribution is -2.45. The molecular weight excluding hydrogens is 322 g/mol. The number of methoxy groups -OCH3 is 1. The fraction of sp³-hybridized carbons (Fsp3) is 0.652. The highest BCUT2D eigenvalue weighted by atomic mass is 16.5. The summed E-state index contributed by atoms with van der Waals surface area (Å²) in [6.07, 6.45) is 12.8. The fourth-order valence-electron chi connectivity index (χ4n) is 4.48. The molecule has 0 spiro atoms. The Morgan fingerprint density at radius 2 is 1.50 bits per heavy atom. The van der Waals surface area contributed by atoms with Crippen LogP contribution in [-0.2, 0) is 0 Å². The molecule has 2 aliphatic carbocycles. The predicted molar refractivity (Wildman–Crippen MR) is 106 cm³/mol. The van der Waals surface area contributed by atoms with E-state index in [1.165, 1.54) is 64.2 Å². The van der Waals surface area contributed by atoms with Crippen molar-refractivity contribution in [2.75, 3.05) is 13.7 Å². The van der Waals surface area contributed by atoms with E-state index >= 15 is 0 Å². The summed E-state index contributed by atoms with van der Waals surface area (Å²) in [5.74, 6) is 7.17. The summed E-state index contributed by atoms with van der Waals surface area (Å²) in [4.78, 5) is 2.67. The zero-order valence-corrected chi connectivity index (χ0v) is 16.1. The third-order valence-electron chi connectivity index (χ3n) is 6.02. The average molecular weight is 356 g/mol. The Morgan fingerprint density at radius 3 is 2.00 bits per heavy atom. The van der Waals surface area contributed by atoms with Gasteiger partial charge >= 0.3 is 0 Å². The first kappa shape index (κ1) is 19.3. The zero-order chi connectivity index (χ0) is 18.2. The van der Waals surface area contributed by atoms with E-state index in [0.717, 1.165) is 17.9 Å². The zero-order valence-electron chi connectivity index (χ0n) is 16.1. The summed E-state index contributed by atoms with van der Waals surface area (Å²) in [6.45, 7) is 0.794. The summed E-state index contributed by atoms with van der Waals surface area (Å²) < 4.78 is 5.17. The normalized spacial score (nSPS) is 20.4. The van der Waals surface area contributed by atoms with Gasteiger partial charge in [0.05, 0.1) is 13.7 Å². The van der Waals surface area contributed by atoms with Crippen molar-refractivity contribution in [1.82, 2.24) is 4.90 Å². The maximum Gasteiger partial charge on any atom is 0.140 e. The first-order chi connectivity index (χ1) is 12.8. The molecular formula is C23H33NO2. The van der Waals surface area contributed by atoms with Gasteiger partial charge in [-0.1, -0.05) is 62.5 Å². The van der Waals surface area contributed by atoms with E-state index in [1.807, 2.05) is 24.3 Å². The first-order valence-corrected chi connectivity index (χ1v) is 10.3. The third kappa shape index (κ3) is 5.25. The standard InChI is InChI=1S/C23H33NO2/c1-26-22-16-14-19(15-17-22)23(25)13-8-18-24(20-9-4-2-5-10-20)21-11-6-3-7-12-21/h14-17,20-21,23,25H,2-7,9-12,18H2,1H3. The Morgan fingerprint density at radius 1 is 0.962 bits per heavy atom. The van der Waals surface area contributed by atoms with Crippen LogP contribution < -0.4 is 4.74 Å². The van der Waals surface area contributed by atoms with Gasteiger partial charge < -0.3 is 9.84 Å². The monoisotopic (exact) mass is 355 g/mol. The minimum Gasteiger partial charge on any atom is -0.497 e. The Balaban J connectivity index is 1.63. The van der Waals surface area contributed by atoms with Gasteiger partial charge in [-0.2, -0.15) is 0 Å². The molecule has 3 rings (SSSR count). The van der Waals surface area contributed by atoms with Crippen LogP contribution in [0.4, 0.5) is 0 Å². The highest BCUT2D eigenvalue weighted by molar-refractivity contribution is 5.31. The minimum atomic E-state index is -0.722. The number of rotatable bonds is 5. The largest absolute Gasteiger partial charge is 0.497 e. The molecule has 2 aliphatic rings. The molecule has 0 amide bonds. The summed E-state index contributed by atoms with van der Waals surface area (Å²) in [5, 5.41) is 10.4. The van der Waals surface area contributed by atoms with Crippen molar-refractivity contribution >= 4 is 0 Å². The van der Waals surface area contributed by atoms with E-state index in [2.05, 4.69) is 16.7 Å². The van der Waals surface area contributed by atoms with Gasteiger partial charge in [-0.05, 0) is 43.4 Å². The molecule has 1 unspecified atom stereocenters. The second-order valence-electron chi connectivity index (χ2n) is 7.75. The topological polar surface area (TPSA) is 32.7 Å². The van der Waals surface area contributed by atoms with Crippen LogP contribution >= 0.6 is 0 Å². The molecule has 2 saturated carbocycles. The van der Waals surface area contributed by atoms with Gasteiger partial charge in [0.25, 0.3) is 0 Å². The molecule has 1 N–H and O–H groups in total. The number of aliphatic hydroxyl groups is 1. The third-order valence-corrected chi connectivity index (χ3v) is 6.02. The SMILES string of the molecule is COc1ccc(C(O)C#CCN(C2CCCCC2)C2CCCCC2)cc1. The highest BCUT2D eigenvalue weighted by Gasteiger charge is 2.28. The summed E-state index contributed by atoms with van der Waals surface area (Å²) >= 11 is 0. The molecule has 1 atom stereocenters. The predicted octanol–water partition coefficient (Wildman–Crippen LogP) is 4.70. The lowest BCUT2D eigenvalue weighted by atomic mass is 9.88. The molecule has 1 aromatic carbocycles. The van der Waals surface area contributed by atoms with Crippen molar-refractivity contribution in [1.29, 1.82) is 0 Å². The smallest absolute Gasteiger partial charge is 0.140 e. The number of aliphatic hydroxyl groups excluding tert-OH is 1. The summed E-state index contributed by atoms with van der Waals surface area (Å²) in [6, 6.07) is 8.91. The van der Waals surface area contributed by atoms with E-state index in [4.69, 9.17) is 4.74 Å². The molecule has 3 heteroatoms. The Bertz CT molecular complexity index is 571. The van der Waals surface area contributed by atoms with Crippen LogP contribution in [0.2, 0.25) is 0 Å². The van der Waals surface area contributed by atoms with E-state index < -0.39 is 6.10 Å². The van der Waals surface area contributed by atoms with Crippen molar-refractivity contribution in [3.05, 3.63) is 29.8 Å². The van der Waals surface area contributed by atoms with Gasteiger partial charge in [-0.3, -0.25) is 4.90 Å². The van der Waals surface area contributed by atoms with Crippen LogP contribution in [0.25, 0.3) is 0 Å². The van der Waals surface area contributed by atoms with Crippen molar-refractivity contribution in [3.8, 4) is 17.6 Å². The molecule has 0 saturated heterocycles. The molecule has 26 heavy (non-hydrogen) atoms. The van der Waals surface area contributed by atoms with Crippen LogP contribution in [0, 0.1) is 11.8 Å². The average Bonchev–Trinajstić information content (AvgIpc) is 2.72. The van der Waals surface area contributed by atoms with Crippen molar-refractivity contribution in [3.63, 3.8) is 0 Å². The molecule has 1 aromatic rings. The van der Waals surface area contributed by atoms with Crippen LogP contribution in [-0.4, -0.2) is 35.7 Å². The van der Waals surface area contributed by atoms with E-state index in [-0.39, 0.29) is 0 Å². The molecule has 142 valence electrons. The van der Waals surface area contributed by atoms with Crippen LogP contribution in [0.5, 0.6) is 5.75 Å². The second kappa shape index (κ2) is 10.00. The number of nitrogens with zero attached hydrogens (tertiary/aromatic N) is 1. The molecule has 0 aromatic heterocycles. The van der Waals surface area contributed by atoms with Crippen molar-refractivity contribution < 1.29 is 9.84 Å². The molecule has 0 bridgehead atoms. The van der Waals surface area contributed by atoms with Crippen molar-refractivity contribution in [2.24, 2.45) is 0 Å². The summed E-state index contributed by atoms with van der Waals surface area (Å²) in [5.41, 5.74) is 0.834. The number of hydrogen-bond donors (Lipinski definition) is 1. The maximum atomic E-state index is 10.4. The lowest BCUT2D eigenvalue weighted by Gasteiger charge is -2.40. The molecule has 2 fully saturated rings. The van der Waals surface area contributed by atoms with E-state index in [1.54, 1.807) is 7.11 Å². The molecule has 0 heterocycles. The maximum absolute atomic E-state index is 10.4. The Labute approximate surface area is 158 Å². The van der Waals surface area contributed by atoms with Gasteiger partial charge in [0.15, 0.2) is 0 Å². The van der Waals surface area contributed by atoms with Crippen LogP contribution in [0.3, 0.4) is 0 Å². The summed E-state index contributed by atoms with van der Waals surface area (Å²) in [7, 11) is 1.65. The number of ether oxygens (including phenoxy) is 1. The van der Waals surface area contributed by atoms with Gasteiger partial charge in [-0.25, -0.2) is 0 Å². The van der Waals surface area contributed by atoms with Crippen LogP contribution in [0.15, 0.2) is 24.3 Å². The van der Waals surface area contributed by atoms with Gasteiger partial charge in [0.2, 0.25) is 0 Å². The lowest BCUT2D eigenvalue weighted by molar-refractivity contribution is 0.0959. The molecule has 0 radical (unpaired) electrons. The van der Waals surface area contributed by atoms with E-state index in [0.29, 0.717) is 12.1 Å². The first-order valence-electron chi connectivity index (χ1n) is 10.3. The number of hydrogen-bond acceptors (Lipinski definition) is 3. The second-order valence-corrected chi connectivity index (χ2v) is 7.75. The van der Waals surface area contributed by atoms with E-state index in [9.17, 15) is 5.11 Å². The molecule has 0 aliphatic heterocycles. The molecule has 3 nitrogen and oxygen atoms in total. The highest BCUT2D eigenvalue weighted by Crippen LogP contribution is 2.29. The Kier molecular flexibility index (Phi) is 7.41. The quantitative estimate of drug-likeness (QED) is 0.777. The van der Waals surface area contributed by atoms with Crippen LogP contribution in [0.1, 0.15) is 75.9 Å². The minimum absolute atomic E-state index is 0.694. The van der Waals surface area contributed by atoms with Gasteiger partial charge in [0.1, 0.15) is 11.9 Å². The Hall–Kier alpha value is -1.50. The van der Waals surface area contributed by atoms with Crippen molar-refractivity contribution in [2.45, 2.75) is 82.4 Å². The number of benzene rings is 1. The van der Waals surface area contributed by atoms with Gasteiger partial charge in [-0.15, -0.1) is 0 Å².